The molecule has 0 aliphatic heterocycles. The first-order chi connectivity index (χ1) is 7.83. The number of rotatable bonds is 4. The quantitative estimate of drug-likeness (QED) is 0.723. The first kappa shape index (κ1) is 10.5. The molecule has 2 aromatic heterocycles. The zero-order valence-corrected chi connectivity index (χ0v) is 9.00. The second-order valence-electron chi connectivity index (χ2n) is 3.40. The van der Waals surface area contributed by atoms with E-state index in [0.29, 0.717) is 11.3 Å². The van der Waals surface area contributed by atoms with Gasteiger partial charge in [-0.15, -0.1) is 0 Å². The predicted molar refractivity (Wildman–Crippen MR) is 58.0 cm³/mol. The predicted octanol–water partition coefficient (Wildman–Crippen LogP) is 1.31. The van der Waals surface area contributed by atoms with Crippen LogP contribution in [0.4, 0.5) is 0 Å². The Morgan fingerprint density at radius 2 is 2.19 bits per heavy atom. The Kier molecular flexibility index (Phi) is 3.05. The van der Waals surface area contributed by atoms with E-state index in [1.54, 1.807) is 23.0 Å². The summed E-state index contributed by atoms with van der Waals surface area (Å²) in [7, 11) is 0. The third kappa shape index (κ3) is 1.98. The van der Waals surface area contributed by atoms with Crippen LogP contribution in [0.1, 0.15) is 29.4 Å². The highest BCUT2D eigenvalue weighted by atomic mass is 16.1. The summed E-state index contributed by atoms with van der Waals surface area (Å²) in [6, 6.07) is 3.37. The summed E-state index contributed by atoms with van der Waals surface area (Å²) in [4.78, 5) is 12.1. The lowest BCUT2D eigenvalue weighted by Crippen LogP contribution is -2.11. The summed E-state index contributed by atoms with van der Waals surface area (Å²) >= 11 is 0. The van der Waals surface area contributed by atoms with E-state index in [1.165, 1.54) is 12.4 Å². The minimum absolute atomic E-state index is 0.0687. The fourth-order valence-corrected chi connectivity index (χ4v) is 1.49. The highest BCUT2D eigenvalue weighted by Crippen LogP contribution is 2.08. The van der Waals surface area contributed by atoms with Crippen molar-refractivity contribution in [1.82, 2.24) is 20.0 Å². The Bertz CT molecular complexity index is 478. The molecule has 2 heterocycles. The molecule has 5 heteroatoms. The topological polar surface area (TPSA) is 60.7 Å². The molecule has 0 amide bonds. The molecule has 0 unspecified atom stereocenters. The molecule has 2 aromatic rings. The van der Waals surface area contributed by atoms with Crippen molar-refractivity contribution in [2.45, 2.75) is 19.9 Å². The molecule has 0 radical (unpaired) electrons. The molecule has 16 heavy (non-hydrogen) atoms. The SMILES string of the molecule is CCCn1nccc1C(=O)c1ccnnc1. The molecule has 0 fully saturated rings. The van der Waals surface area contributed by atoms with E-state index >= 15 is 0 Å². The number of hydrogen-bond donors (Lipinski definition) is 0. The van der Waals surface area contributed by atoms with Crippen LogP contribution in [-0.4, -0.2) is 25.8 Å². The van der Waals surface area contributed by atoms with E-state index in [0.717, 1.165) is 13.0 Å². The lowest BCUT2D eigenvalue weighted by atomic mass is 10.1. The van der Waals surface area contributed by atoms with E-state index in [-0.39, 0.29) is 5.78 Å². The Morgan fingerprint density at radius 3 is 2.88 bits per heavy atom. The van der Waals surface area contributed by atoms with Crippen molar-refractivity contribution < 1.29 is 4.79 Å². The average molecular weight is 216 g/mol. The number of ketones is 1. The van der Waals surface area contributed by atoms with Crippen LogP contribution in [0.15, 0.2) is 30.7 Å². The fourth-order valence-electron chi connectivity index (χ4n) is 1.49. The Hall–Kier alpha value is -2.04. The Balaban J connectivity index is 2.31. The third-order valence-electron chi connectivity index (χ3n) is 2.23. The summed E-state index contributed by atoms with van der Waals surface area (Å²) in [5.41, 5.74) is 1.13. The molecular formula is C11H12N4O. The number of hydrogen-bond acceptors (Lipinski definition) is 4. The standard InChI is InChI=1S/C11H12N4O/c1-2-7-15-10(4-6-14-15)11(16)9-3-5-12-13-8-9/h3-6,8H,2,7H2,1H3. The summed E-state index contributed by atoms with van der Waals surface area (Å²) in [5.74, 6) is -0.0687. The van der Waals surface area contributed by atoms with Gasteiger partial charge in [-0.3, -0.25) is 9.48 Å². The molecular weight excluding hydrogens is 204 g/mol. The minimum atomic E-state index is -0.0687. The van der Waals surface area contributed by atoms with E-state index in [2.05, 4.69) is 15.3 Å². The van der Waals surface area contributed by atoms with Gasteiger partial charge in [0.15, 0.2) is 0 Å². The van der Waals surface area contributed by atoms with Crippen LogP contribution in [0.2, 0.25) is 0 Å². The molecule has 0 N–H and O–H groups in total. The zero-order chi connectivity index (χ0) is 11.4. The molecule has 0 aliphatic rings. The second-order valence-corrected chi connectivity index (χ2v) is 3.40. The number of carbonyl (C=O) groups excluding carboxylic acids is 1. The first-order valence-corrected chi connectivity index (χ1v) is 5.16. The maximum absolute atomic E-state index is 12.1. The van der Waals surface area contributed by atoms with Crippen LogP contribution in [0.5, 0.6) is 0 Å². The van der Waals surface area contributed by atoms with Crippen molar-refractivity contribution in [2.24, 2.45) is 0 Å². The maximum Gasteiger partial charge on any atom is 0.212 e. The minimum Gasteiger partial charge on any atom is -0.287 e. The van der Waals surface area contributed by atoms with E-state index in [4.69, 9.17) is 0 Å². The van der Waals surface area contributed by atoms with Gasteiger partial charge in [-0.1, -0.05) is 6.92 Å². The van der Waals surface area contributed by atoms with Crippen molar-refractivity contribution in [1.29, 1.82) is 0 Å². The third-order valence-corrected chi connectivity index (χ3v) is 2.23. The monoisotopic (exact) mass is 216 g/mol. The van der Waals surface area contributed by atoms with Gasteiger partial charge < -0.3 is 0 Å². The van der Waals surface area contributed by atoms with Gasteiger partial charge in [0.1, 0.15) is 5.69 Å². The molecule has 0 spiro atoms. The van der Waals surface area contributed by atoms with Crippen LogP contribution in [0.3, 0.4) is 0 Å². The normalized spacial score (nSPS) is 10.3. The van der Waals surface area contributed by atoms with Gasteiger partial charge in [0.05, 0.1) is 12.4 Å². The number of carbonyl (C=O) groups is 1. The molecule has 0 aliphatic carbocycles. The van der Waals surface area contributed by atoms with Gasteiger partial charge in [0.25, 0.3) is 0 Å². The molecule has 0 atom stereocenters. The lowest BCUT2D eigenvalue weighted by molar-refractivity contribution is 0.102. The average Bonchev–Trinajstić information content (AvgIpc) is 2.78. The van der Waals surface area contributed by atoms with Crippen molar-refractivity contribution >= 4 is 5.78 Å². The Morgan fingerprint density at radius 1 is 1.31 bits per heavy atom. The molecule has 0 saturated carbocycles. The van der Waals surface area contributed by atoms with Crippen LogP contribution < -0.4 is 0 Å². The maximum atomic E-state index is 12.1. The lowest BCUT2D eigenvalue weighted by Gasteiger charge is -2.04. The smallest absolute Gasteiger partial charge is 0.212 e. The van der Waals surface area contributed by atoms with Gasteiger partial charge in [0.2, 0.25) is 5.78 Å². The Labute approximate surface area is 93.1 Å². The summed E-state index contributed by atoms with van der Waals surface area (Å²) in [5, 5.41) is 11.4. The summed E-state index contributed by atoms with van der Waals surface area (Å²) < 4.78 is 1.71. The molecule has 0 bridgehead atoms. The zero-order valence-electron chi connectivity index (χ0n) is 9.00. The van der Waals surface area contributed by atoms with Crippen molar-refractivity contribution in [3.63, 3.8) is 0 Å². The van der Waals surface area contributed by atoms with Gasteiger partial charge in [-0.25, -0.2) is 0 Å². The number of aromatic nitrogens is 4. The highest BCUT2D eigenvalue weighted by Gasteiger charge is 2.13. The van der Waals surface area contributed by atoms with E-state index in [9.17, 15) is 4.79 Å². The van der Waals surface area contributed by atoms with Crippen LogP contribution in [0, 0.1) is 0 Å². The summed E-state index contributed by atoms with van der Waals surface area (Å²) in [6.45, 7) is 2.79. The van der Waals surface area contributed by atoms with Crippen LogP contribution >= 0.6 is 0 Å². The number of aryl methyl sites for hydroxylation is 1. The van der Waals surface area contributed by atoms with Crippen molar-refractivity contribution in [2.75, 3.05) is 0 Å². The second kappa shape index (κ2) is 4.65. The van der Waals surface area contributed by atoms with Crippen molar-refractivity contribution in [3.8, 4) is 0 Å². The van der Waals surface area contributed by atoms with E-state index in [1.807, 2.05) is 6.92 Å². The fraction of sp³-hybridized carbons (Fsp3) is 0.273. The molecule has 2 rings (SSSR count). The number of nitrogens with zero attached hydrogens (tertiary/aromatic N) is 4. The van der Waals surface area contributed by atoms with Crippen LogP contribution in [-0.2, 0) is 6.54 Å². The van der Waals surface area contributed by atoms with Gasteiger partial charge >= 0.3 is 0 Å². The molecule has 5 nitrogen and oxygen atoms in total. The van der Waals surface area contributed by atoms with E-state index < -0.39 is 0 Å². The van der Waals surface area contributed by atoms with Gasteiger partial charge in [-0.2, -0.15) is 15.3 Å². The van der Waals surface area contributed by atoms with Crippen molar-refractivity contribution in [3.05, 3.63) is 42.0 Å². The molecule has 82 valence electrons. The van der Waals surface area contributed by atoms with Crippen LogP contribution in [0.25, 0.3) is 0 Å². The van der Waals surface area contributed by atoms with Gasteiger partial charge in [0, 0.05) is 18.3 Å². The molecule has 0 aromatic carbocycles. The first-order valence-electron chi connectivity index (χ1n) is 5.16. The summed E-state index contributed by atoms with van der Waals surface area (Å²) in [6.07, 6.45) is 5.55. The molecule has 0 saturated heterocycles. The highest BCUT2D eigenvalue weighted by molar-refractivity contribution is 6.07. The van der Waals surface area contributed by atoms with Gasteiger partial charge in [-0.05, 0) is 18.6 Å². The largest absolute Gasteiger partial charge is 0.287 e.